The Bertz CT molecular complexity index is 3670. The number of nitrogens with zero attached hydrogens (tertiary/aromatic N) is 1. The Hall–Kier alpha value is -4.50. The van der Waals surface area contributed by atoms with Crippen LogP contribution < -0.4 is 10.4 Å². The molecule has 0 saturated carbocycles. The van der Waals surface area contributed by atoms with Crippen LogP contribution in [0.3, 0.4) is 0 Å². The molecule has 0 N–H and O–H groups in total. The zero-order valence-electron chi connectivity index (χ0n) is 26.8. The summed E-state index contributed by atoms with van der Waals surface area (Å²) >= 11 is 0. The monoisotopic (exact) mass is 693 g/mol. The maximum absolute atomic E-state index is 9.22. The largest absolute Gasteiger partial charge is 0.366 e. The van der Waals surface area contributed by atoms with Gasteiger partial charge in [-0.3, -0.25) is 4.90 Å². The molecule has 2 nitrogen and oxygen atoms in total. The summed E-state index contributed by atoms with van der Waals surface area (Å²) in [6.45, 7) is 4.90. The second kappa shape index (κ2) is 8.57. The second-order valence-electron chi connectivity index (χ2n) is 16.6. The molecule has 4 aliphatic carbocycles. The smallest absolute Gasteiger partial charge is 0.0992 e. The molecule has 12 aromatic carbocycles. The van der Waals surface area contributed by atoms with Crippen molar-refractivity contribution in [2.24, 2.45) is 5.92 Å². The van der Waals surface area contributed by atoms with E-state index in [1.807, 2.05) is 0 Å². The van der Waals surface area contributed by atoms with Crippen LogP contribution in [-0.2, 0) is 23.0 Å². The third kappa shape index (κ3) is 2.40. The molecule has 3 atom stereocenters. The predicted octanol–water partition coefficient (Wildman–Crippen LogP) is 12.5. The van der Waals surface area contributed by atoms with Crippen LogP contribution in [0.2, 0.25) is 0 Å². The minimum Gasteiger partial charge on any atom is -0.366 e. The molecule has 1 fully saturated rings. The first kappa shape index (κ1) is 30.9. The van der Waals surface area contributed by atoms with Gasteiger partial charge >= 0.3 is 0 Å². The third-order valence-electron chi connectivity index (χ3n) is 15.5. The van der Waals surface area contributed by atoms with Crippen LogP contribution in [-0.4, -0.2) is 30.8 Å². The van der Waals surface area contributed by atoms with Crippen molar-refractivity contribution in [3.05, 3.63) is 57.5 Å². The van der Waals surface area contributed by atoms with Gasteiger partial charge in [-0.15, -0.1) is 0 Å². The molecule has 53 heavy (non-hydrogen) atoms. The molecule has 5 aliphatic rings. The number of hydrogen-bond donors (Lipinski definition) is 0. The second-order valence-corrected chi connectivity index (χ2v) is 16.6. The molecule has 0 aromatic heterocycles. The SMILES string of the molecule is C.C.C.C.C.C.[3H]CC1N(COCC)CC2C3=c4c5c6c7c(cc8cc9cc%10cc%11cc%12c%13c(c4c4c5c5c7c8c7c9c%10c8c%11c%13c4c8c75)=C(C3)C%12)CC621. The van der Waals surface area contributed by atoms with E-state index in [1.165, 1.54) is 37.7 Å². The highest BCUT2D eigenvalue weighted by atomic mass is 16.5. The number of hydrogen-bond acceptors (Lipinski definition) is 2. The van der Waals surface area contributed by atoms with Crippen LogP contribution >= 0.6 is 0 Å². The van der Waals surface area contributed by atoms with Crippen LogP contribution in [0.4, 0.5) is 0 Å². The van der Waals surface area contributed by atoms with E-state index in [9.17, 15) is 1.37 Å². The van der Waals surface area contributed by atoms with E-state index >= 15 is 0 Å². The number of benzene rings is 8. The molecule has 0 radical (unpaired) electrons. The quantitative estimate of drug-likeness (QED) is 0.171. The number of rotatable bonds is 3. The first-order chi connectivity index (χ1) is 23.7. The summed E-state index contributed by atoms with van der Waals surface area (Å²) in [6, 6.07) is 13.0. The van der Waals surface area contributed by atoms with E-state index < -0.39 is 0 Å². The van der Waals surface area contributed by atoms with Gasteiger partial charge in [0, 0.05) is 31.9 Å². The van der Waals surface area contributed by atoms with Crippen molar-refractivity contribution in [3.63, 3.8) is 0 Å². The zero-order chi connectivity index (χ0) is 30.2. The Labute approximate surface area is 312 Å². The summed E-state index contributed by atoms with van der Waals surface area (Å²) in [4.78, 5) is 2.59. The van der Waals surface area contributed by atoms with E-state index in [1.54, 1.807) is 119 Å². The van der Waals surface area contributed by atoms with E-state index in [2.05, 4.69) is 42.2 Å². The third-order valence-corrected chi connectivity index (χ3v) is 15.5. The van der Waals surface area contributed by atoms with Crippen molar-refractivity contribution < 1.29 is 6.11 Å². The van der Waals surface area contributed by atoms with Crippen molar-refractivity contribution in [2.45, 2.75) is 89.1 Å². The van der Waals surface area contributed by atoms with Crippen LogP contribution in [0.5, 0.6) is 0 Å². The van der Waals surface area contributed by atoms with E-state index in [0.29, 0.717) is 19.5 Å². The normalized spacial score (nSPS) is 22.8. The van der Waals surface area contributed by atoms with Crippen molar-refractivity contribution in [1.82, 2.24) is 4.90 Å². The van der Waals surface area contributed by atoms with Crippen molar-refractivity contribution in [2.75, 3.05) is 19.9 Å². The summed E-state index contributed by atoms with van der Waals surface area (Å²) in [7, 11) is 0. The van der Waals surface area contributed by atoms with Gasteiger partial charge in [0.1, 0.15) is 0 Å². The van der Waals surface area contributed by atoms with E-state index in [-0.39, 0.29) is 56.0 Å². The van der Waals surface area contributed by atoms with Crippen molar-refractivity contribution >= 4 is 130 Å². The molecule has 0 amide bonds. The number of ether oxygens (including phenoxy) is 1. The molecule has 12 aromatic rings. The first-order valence-electron chi connectivity index (χ1n) is 18.6. The Kier molecular flexibility index (Phi) is 5.00. The highest BCUT2D eigenvalue weighted by molar-refractivity contribution is 6.63. The lowest BCUT2D eigenvalue weighted by atomic mass is 9.61. The Morgan fingerprint density at radius 2 is 1.13 bits per heavy atom. The van der Waals surface area contributed by atoms with Crippen molar-refractivity contribution in [1.29, 1.82) is 0 Å². The average Bonchev–Trinajstić information content (AvgIpc) is 3.93. The maximum atomic E-state index is 9.22. The summed E-state index contributed by atoms with van der Waals surface area (Å²) < 4.78 is 15.4. The van der Waals surface area contributed by atoms with Crippen LogP contribution in [0.15, 0.2) is 30.3 Å². The van der Waals surface area contributed by atoms with E-state index in [0.717, 1.165) is 32.4 Å². The van der Waals surface area contributed by atoms with Gasteiger partial charge in [0.15, 0.2) is 0 Å². The molecule has 2 heteroatoms. The molecule has 0 bridgehead atoms. The summed E-state index contributed by atoms with van der Waals surface area (Å²) in [5, 5.41) is 37.5. The zero-order valence-corrected chi connectivity index (χ0v) is 25.8. The molecule has 1 saturated heterocycles. The molecule has 3 unspecified atom stereocenters. The molecule has 1 heterocycles. The molecular formula is C51H49NO. The number of likely N-dealkylation sites (tertiary alicyclic amines) is 1. The highest BCUT2D eigenvalue weighted by Crippen LogP contribution is 2.68. The summed E-state index contributed by atoms with van der Waals surface area (Å²) in [5.74, 6) is 0.421. The van der Waals surface area contributed by atoms with Crippen LogP contribution in [0.25, 0.3) is 130 Å². The van der Waals surface area contributed by atoms with Gasteiger partial charge in [0.25, 0.3) is 0 Å². The van der Waals surface area contributed by atoms with Gasteiger partial charge in [-0.05, 0) is 197 Å². The van der Waals surface area contributed by atoms with Gasteiger partial charge < -0.3 is 4.74 Å². The minimum absolute atomic E-state index is 0. The topological polar surface area (TPSA) is 12.5 Å². The molecule has 1 aliphatic heterocycles. The van der Waals surface area contributed by atoms with Gasteiger partial charge in [0.05, 0.1) is 6.73 Å². The Morgan fingerprint density at radius 3 is 1.77 bits per heavy atom. The molecule has 1 spiro atoms. The molecular weight excluding hydrogens is 643 g/mol. The van der Waals surface area contributed by atoms with Gasteiger partial charge in [0.2, 0.25) is 0 Å². The van der Waals surface area contributed by atoms with Gasteiger partial charge in [-0.1, -0.05) is 67.8 Å². The first-order valence-corrected chi connectivity index (χ1v) is 17.9. The Balaban J connectivity index is 0.000000569. The predicted molar refractivity (Wildman–Crippen MR) is 236 cm³/mol. The average molecular weight is 694 g/mol. The van der Waals surface area contributed by atoms with Gasteiger partial charge in [-0.2, -0.15) is 0 Å². The van der Waals surface area contributed by atoms with Crippen LogP contribution in [0, 0.1) is 5.92 Å². The Morgan fingerprint density at radius 1 is 0.604 bits per heavy atom. The van der Waals surface area contributed by atoms with Gasteiger partial charge in [-0.25, -0.2) is 0 Å². The fraction of sp³-hybridized carbons (Fsp3) is 0.333. The lowest BCUT2D eigenvalue weighted by Gasteiger charge is -2.41. The molecule has 264 valence electrons. The fourth-order valence-corrected chi connectivity index (χ4v) is 14.5. The standard InChI is InChI=1S/C45H25NO.6CH4/c1-3-47-13-46-12-23-22-10-20-8-17-6-18-5-15-4-16-7-19-9-21-11-45(23,14(46)2)44-30(21)35-29(19)34-25(16)24(15)32-28(18)33-26(17)27(20)36-31(22)43(44)42-40(35)38(34)37(32)39(33)41(36)42;;;;;;/h4-7,9,14,23H,3,8,10-13H2,1-2H3;6*1H4/i2T;;;;;;. The van der Waals surface area contributed by atoms with Crippen molar-refractivity contribution in [3.8, 4) is 0 Å². The lowest BCUT2D eigenvalue weighted by Crippen LogP contribution is -2.46. The molecule has 17 rings (SSSR count). The minimum atomic E-state index is -0.0711. The fourth-order valence-electron chi connectivity index (χ4n) is 14.5. The summed E-state index contributed by atoms with van der Waals surface area (Å²) in [6.07, 6.45) is 3.25. The van der Waals surface area contributed by atoms with Crippen LogP contribution in [0.1, 0.15) is 82.9 Å². The lowest BCUT2D eigenvalue weighted by molar-refractivity contribution is 0.0247. The number of fused-ring (bicyclic) bond motifs is 1. The van der Waals surface area contributed by atoms with E-state index in [4.69, 9.17) is 4.74 Å². The summed E-state index contributed by atoms with van der Waals surface area (Å²) in [5.41, 5.74) is 8.10. The maximum Gasteiger partial charge on any atom is 0.0992 e. The highest BCUT2D eigenvalue weighted by Gasteiger charge is 2.60.